The van der Waals surface area contributed by atoms with Crippen LogP contribution in [-0.4, -0.2) is 22.6 Å². The lowest BCUT2D eigenvalue weighted by Gasteiger charge is -2.11. The van der Waals surface area contributed by atoms with E-state index >= 15 is 0 Å². The third-order valence-electron chi connectivity index (χ3n) is 2.71. The fourth-order valence-corrected chi connectivity index (χ4v) is 1.62. The van der Waals surface area contributed by atoms with Crippen LogP contribution in [0.4, 0.5) is 0 Å². The molecular weight excluding hydrogens is 162 g/mol. The summed E-state index contributed by atoms with van der Waals surface area (Å²) in [6.07, 6.45) is 7.51. The van der Waals surface area contributed by atoms with Gasteiger partial charge in [-0.25, -0.2) is 4.98 Å². The summed E-state index contributed by atoms with van der Waals surface area (Å²) in [4.78, 5) is 7.28. The summed E-state index contributed by atoms with van der Waals surface area (Å²) in [5.41, 5.74) is 0. The highest BCUT2D eigenvalue weighted by molar-refractivity contribution is 4.89. The number of aromatic nitrogens is 2. The average Bonchev–Trinajstić information content (AvgIpc) is 2.86. The van der Waals surface area contributed by atoms with Gasteiger partial charge in [0.15, 0.2) is 0 Å². The van der Waals surface area contributed by atoms with Crippen LogP contribution < -0.4 is 5.32 Å². The van der Waals surface area contributed by atoms with Crippen molar-refractivity contribution in [3.8, 4) is 0 Å². The van der Waals surface area contributed by atoms with Crippen LogP contribution in [0.5, 0.6) is 0 Å². The first-order valence-corrected chi connectivity index (χ1v) is 5.08. The number of H-pyrrole nitrogens is 1. The lowest BCUT2D eigenvalue weighted by Crippen LogP contribution is -2.29. The van der Waals surface area contributed by atoms with E-state index < -0.39 is 0 Å². The highest BCUT2D eigenvalue weighted by Crippen LogP contribution is 2.32. The molecular formula is C10H17N3. The molecule has 72 valence electrons. The summed E-state index contributed by atoms with van der Waals surface area (Å²) < 4.78 is 0. The molecule has 0 aromatic carbocycles. The minimum atomic E-state index is 0.690. The van der Waals surface area contributed by atoms with Crippen molar-refractivity contribution in [3.05, 3.63) is 18.2 Å². The van der Waals surface area contributed by atoms with Gasteiger partial charge in [-0.3, -0.25) is 0 Å². The number of rotatable bonds is 5. The van der Waals surface area contributed by atoms with Gasteiger partial charge in [-0.2, -0.15) is 0 Å². The summed E-state index contributed by atoms with van der Waals surface area (Å²) in [6, 6.07) is 0.690. The molecule has 1 atom stereocenters. The van der Waals surface area contributed by atoms with Crippen molar-refractivity contribution in [3.63, 3.8) is 0 Å². The van der Waals surface area contributed by atoms with Crippen LogP contribution in [0.3, 0.4) is 0 Å². The third kappa shape index (κ3) is 2.56. The first kappa shape index (κ1) is 8.75. The SMILES string of the molecule is CC(NCCc1ncc[nH]1)C1CC1. The summed E-state index contributed by atoms with van der Waals surface area (Å²) >= 11 is 0. The number of nitrogens with zero attached hydrogens (tertiary/aromatic N) is 1. The monoisotopic (exact) mass is 179 g/mol. The molecule has 2 rings (SSSR count). The van der Waals surface area contributed by atoms with Crippen molar-refractivity contribution >= 4 is 0 Å². The van der Waals surface area contributed by atoms with Crippen molar-refractivity contribution in [2.45, 2.75) is 32.2 Å². The topological polar surface area (TPSA) is 40.7 Å². The van der Waals surface area contributed by atoms with Crippen molar-refractivity contribution in [2.75, 3.05) is 6.54 Å². The normalized spacial score (nSPS) is 18.8. The molecule has 13 heavy (non-hydrogen) atoms. The summed E-state index contributed by atoms with van der Waals surface area (Å²) in [5.74, 6) is 2.02. The molecule has 0 aliphatic heterocycles. The second-order valence-electron chi connectivity index (χ2n) is 3.87. The second kappa shape index (κ2) is 3.92. The molecule has 1 heterocycles. The molecule has 3 nitrogen and oxygen atoms in total. The molecule has 1 unspecified atom stereocenters. The highest BCUT2D eigenvalue weighted by atomic mass is 14.9. The van der Waals surface area contributed by atoms with Crippen molar-refractivity contribution in [1.82, 2.24) is 15.3 Å². The minimum Gasteiger partial charge on any atom is -0.349 e. The zero-order valence-corrected chi connectivity index (χ0v) is 8.09. The standard InChI is InChI=1S/C10H17N3/c1-8(9-2-3-9)11-5-4-10-12-6-7-13-10/h6-9,11H,2-5H2,1H3,(H,12,13). The van der Waals surface area contributed by atoms with Crippen LogP contribution in [0.15, 0.2) is 12.4 Å². The predicted molar refractivity (Wildman–Crippen MR) is 52.5 cm³/mol. The van der Waals surface area contributed by atoms with Gasteiger partial charge in [0.25, 0.3) is 0 Å². The van der Waals surface area contributed by atoms with E-state index in [0.717, 1.165) is 24.7 Å². The molecule has 1 saturated carbocycles. The lowest BCUT2D eigenvalue weighted by atomic mass is 10.2. The fraction of sp³-hybridized carbons (Fsp3) is 0.700. The maximum Gasteiger partial charge on any atom is 0.107 e. The largest absolute Gasteiger partial charge is 0.349 e. The van der Waals surface area contributed by atoms with Gasteiger partial charge in [-0.1, -0.05) is 0 Å². The zero-order valence-electron chi connectivity index (χ0n) is 8.09. The van der Waals surface area contributed by atoms with Gasteiger partial charge in [0.05, 0.1) is 0 Å². The van der Waals surface area contributed by atoms with E-state index in [2.05, 4.69) is 22.2 Å². The Labute approximate surface area is 79.0 Å². The van der Waals surface area contributed by atoms with E-state index in [4.69, 9.17) is 0 Å². The van der Waals surface area contributed by atoms with Crippen molar-refractivity contribution in [2.24, 2.45) is 5.92 Å². The van der Waals surface area contributed by atoms with E-state index in [9.17, 15) is 0 Å². The molecule has 1 aromatic rings. The molecule has 1 aromatic heterocycles. The molecule has 0 saturated heterocycles. The minimum absolute atomic E-state index is 0.690. The summed E-state index contributed by atoms with van der Waals surface area (Å²) in [7, 11) is 0. The Morgan fingerprint density at radius 2 is 2.54 bits per heavy atom. The van der Waals surface area contributed by atoms with E-state index in [0.29, 0.717) is 6.04 Å². The Bertz CT molecular complexity index is 239. The first-order valence-electron chi connectivity index (χ1n) is 5.08. The maximum atomic E-state index is 4.18. The molecule has 0 amide bonds. The molecule has 0 radical (unpaired) electrons. The fourth-order valence-electron chi connectivity index (χ4n) is 1.62. The van der Waals surface area contributed by atoms with Crippen LogP contribution in [0.25, 0.3) is 0 Å². The number of imidazole rings is 1. The molecule has 0 bridgehead atoms. The molecule has 1 aliphatic carbocycles. The van der Waals surface area contributed by atoms with Gasteiger partial charge in [0.1, 0.15) is 5.82 Å². The smallest absolute Gasteiger partial charge is 0.107 e. The Balaban J connectivity index is 1.63. The number of hydrogen-bond acceptors (Lipinski definition) is 2. The first-order chi connectivity index (χ1) is 6.36. The van der Waals surface area contributed by atoms with Gasteiger partial charge in [0, 0.05) is 31.4 Å². The quantitative estimate of drug-likeness (QED) is 0.716. The van der Waals surface area contributed by atoms with Gasteiger partial charge in [-0.05, 0) is 25.7 Å². The number of hydrogen-bond donors (Lipinski definition) is 2. The molecule has 1 aliphatic rings. The predicted octanol–water partition coefficient (Wildman–Crippen LogP) is 1.34. The maximum absolute atomic E-state index is 4.18. The van der Waals surface area contributed by atoms with Crippen LogP contribution in [-0.2, 0) is 6.42 Å². The molecule has 2 N–H and O–H groups in total. The van der Waals surface area contributed by atoms with Crippen LogP contribution in [0.1, 0.15) is 25.6 Å². The lowest BCUT2D eigenvalue weighted by molar-refractivity contribution is 0.497. The Kier molecular flexibility index (Phi) is 2.64. The van der Waals surface area contributed by atoms with Crippen LogP contribution >= 0.6 is 0 Å². The molecule has 0 spiro atoms. The highest BCUT2D eigenvalue weighted by Gasteiger charge is 2.27. The van der Waals surface area contributed by atoms with Gasteiger partial charge in [0.2, 0.25) is 0 Å². The Hall–Kier alpha value is -0.830. The number of nitrogens with one attached hydrogen (secondary N) is 2. The van der Waals surface area contributed by atoms with E-state index in [-0.39, 0.29) is 0 Å². The second-order valence-corrected chi connectivity index (χ2v) is 3.87. The van der Waals surface area contributed by atoms with Crippen molar-refractivity contribution in [1.29, 1.82) is 0 Å². The van der Waals surface area contributed by atoms with Crippen LogP contribution in [0, 0.1) is 5.92 Å². The van der Waals surface area contributed by atoms with E-state index in [1.807, 2.05) is 6.20 Å². The summed E-state index contributed by atoms with van der Waals surface area (Å²) in [5, 5.41) is 3.52. The van der Waals surface area contributed by atoms with Crippen LogP contribution in [0.2, 0.25) is 0 Å². The van der Waals surface area contributed by atoms with Crippen molar-refractivity contribution < 1.29 is 0 Å². The van der Waals surface area contributed by atoms with E-state index in [1.54, 1.807) is 6.20 Å². The van der Waals surface area contributed by atoms with Gasteiger partial charge >= 0.3 is 0 Å². The summed E-state index contributed by atoms with van der Waals surface area (Å²) in [6.45, 7) is 3.31. The third-order valence-corrected chi connectivity index (χ3v) is 2.71. The molecule has 1 fully saturated rings. The van der Waals surface area contributed by atoms with Gasteiger partial charge < -0.3 is 10.3 Å². The zero-order chi connectivity index (χ0) is 9.10. The Morgan fingerprint density at radius 3 is 3.15 bits per heavy atom. The van der Waals surface area contributed by atoms with Gasteiger partial charge in [-0.15, -0.1) is 0 Å². The Morgan fingerprint density at radius 1 is 1.69 bits per heavy atom. The number of aromatic amines is 1. The average molecular weight is 179 g/mol. The molecule has 3 heteroatoms. The van der Waals surface area contributed by atoms with E-state index in [1.165, 1.54) is 12.8 Å².